The Morgan fingerprint density at radius 3 is 3.00 bits per heavy atom. The number of halogens is 1. The van der Waals surface area contributed by atoms with E-state index in [0.717, 1.165) is 10.6 Å². The van der Waals surface area contributed by atoms with E-state index in [1.54, 1.807) is 19.3 Å². The molecule has 0 saturated heterocycles. The molecule has 2 N–H and O–H groups in total. The zero-order valence-corrected chi connectivity index (χ0v) is 17.1. The van der Waals surface area contributed by atoms with Crippen LogP contribution in [0.15, 0.2) is 36.9 Å². The molecule has 0 atom stereocenters. The smallest absolute Gasteiger partial charge is 0.350 e. The van der Waals surface area contributed by atoms with Crippen molar-refractivity contribution in [3.05, 3.63) is 52.5 Å². The number of carbonyl (C=O) groups excluding carboxylic acids is 1. The molecule has 8 nitrogen and oxygen atoms in total. The van der Waals surface area contributed by atoms with Gasteiger partial charge in [-0.1, -0.05) is 23.7 Å². The number of nitrogens with two attached hydrogens (primary N) is 1. The highest BCUT2D eigenvalue weighted by molar-refractivity contribution is 7.17. The van der Waals surface area contributed by atoms with Gasteiger partial charge in [0.2, 0.25) is 0 Å². The van der Waals surface area contributed by atoms with Gasteiger partial charge in [-0.2, -0.15) is 0 Å². The van der Waals surface area contributed by atoms with Gasteiger partial charge in [0.1, 0.15) is 21.7 Å². The second-order valence-electron chi connectivity index (χ2n) is 6.30. The number of benzene rings is 1. The van der Waals surface area contributed by atoms with E-state index in [1.165, 1.54) is 17.7 Å². The van der Waals surface area contributed by atoms with E-state index in [0.29, 0.717) is 45.5 Å². The predicted molar refractivity (Wildman–Crippen MR) is 112 cm³/mol. The van der Waals surface area contributed by atoms with Gasteiger partial charge in [0.05, 0.1) is 18.6 Å². The summed E-state index contributed by atoms with van der Waals surface area (Å²) in [6.07, 6.45) is 3.67. The standard InChI is InChI=1S/C19H17ClN6O2S/c1-11-15(29-18(25-11)12-4-2-5-13(20)8-12)19(27)28-7-3-6-26-10-24-14-16(21)22-9-23-17(14)26/h2,4-5,8-10H,3,6-7H2,1H3,(H2,21,22,23). The van der Waals surface area contributed by atoms with Crippen LogP contribution < -0.4 is 5.73 Å². The molecule has 4 rings (SSSR count). The average Bonchev–Trinajstić information content (AvgIpc) is 3.30. The van der Waals surface area contributed by atoms with E-state index in [9.17, 15) is 4.79 Å². The van der Waals surface area contributed by atoms with Gasteiger partial charge < -0.3 is 15.0 Å². The zero-order chi connectivity index (χ0) is 20.4. The first-order valence-electron chi connectivity index (χ1n) is 8.84. The average molecular weight is 429 g/mol. The summed E-state index contributed by atoms with van der Waals surface area (Å²) in [7, 11) is 0. The Hall–Kier alpha value is -3.04. The van der Waals surface area contributed by atoms with Gasteiger partial charge in [0.25, 0.3) is 0 Å². The number of carbonyl (C=O) groups is 1. The Kier molecular flexibility index (Phi) is 5.41. The van der Waals surface area contributed by atoms with Gasteiger partial charge in [-0.25, -0.2) is 24.7 Å². The van der Waals surface area contributed by atoms with Crippen molar-refractivity contribution in [3.8, 4) is 10.6 Å². The molecule has 0 aliphatic rings. The molecule has 0 bridgehead atoms. The van der Waals surface area contributed by atoms with E-state index >= 15 is 0 Å². The van der Waals surface area contributed by atoms with Crippen LogP contribution in [0.2, 0.25) is 5.02 Å². The summed E-state index contributed by atoms with van der Waals surface area (Å²) in [5.41, 5.74) is 8.53. The topological polar surface area (TPSA) is 109 Å². The summed E-state index contributed by atoms with van der Waals surface area (Å²) in [5, 5.41) is 1.36. The zero-order valence-electron chi connectivity index (χ0n) is 15.5. The third-order valence-electron chi connectivity index (χ3n) is 4.26. The van der Waals surface area contributed by atoms with Crippen LogP contribution in [0.1, 0.15) is 21.8 Å². The number of nitrogens with zero attached hydrogens (tertiary/aromatic N) is 5. The third-order valence-corrected chi connectivity index (χ3v) is 5.68. The summed E-state index contributed by atoms with van der Waals surface area (Å²) in [6, 6.07) is 7.38. The van der Waals surface area contributed by atoms with E-state index in [-0.39, 0.29) is 12.6 Å². The Labute approximate surface area is 175 Å². The molecule has 4 aromatic rings. The molecule has 10 heteroatoms. The normalized spacial score (nSPS) is 11.1. The fraction of sp³-hybridized carbons (Fsp3) is 0.211. The van der Waals surface area contributed by atoms with E-state index in [1.807, 2.05) is 22.8 Å². The molecule has 1 aromatic carbocycles. The van der Waals surface area contributed by atoms with Crippen LogP contribution in [0.4, 0.5) is 5.82 Å². The van der Waals surface area contributed by atoms with Crippen LogP contribution >= 0.6 is 22.9 Å². The fourth-order valence-corrected chi connectivity index (χ4v) is 4.01. The lowest BCUT2D eigenvalue weighted by molar-refractivity contribution is 0.0501. The maximum Gasteiger partial charge on any atom is 0.350 e. The number of hydrogen-bond donors (Lipinski definition) is 1. The largest absolute Gasteiger partial charge is 0.461 e. The van der Waals surface area contributed by atoms with Gasteiger partial charge >= 0.3 is 5.97 Å². The van der Waals surface area contributed by atoms with Crippen molar-refractivity contribution < 1.29 is 9.53 Å². The molecule has 0 amide bonds. The second-order valence-corrected chi connectivity index (χ2v) is 7.74. The lowest BCUT2D eigenvalue weighted by Crippen LogP contribution is -2.08. The van der Waals surface area contributed by atoms with Crippen molar-refractivity contribution >= 4 is 45.9 Å². The molecular formula is C19H17ClN6O2S. The van der Waals surface area contributed by atoms with Crippen molar-refractivity contribution in [1.82, 2.24) is 24.5 Å². The van der Waals surface area contributed by atoms with Crippen LogP contribution in [0.3, 0.4) is 0 Å². The molecule has 29 heavy (non-hydrogen) atoms. The number of thiazole rings is 1. The summed E-state index contributed by atoms with van der Waals surface area (Å²) in [4.78, 5) is 29.8. The van der Waals surface area contributed by atoms with Crippen molar-refractivity contribution in [2.45, 2.75) is 19.9 Å². The Balaban J connectivity index is 1.37. The van der Waals surface area contributed by atoms with Crippen LogP contribution in [0.5, 0.6) is 0 Å². The van der Waals surface area contributed by atoms with Crippen molar-refractivity contribution in [3.63, 3.8) is 0 Å². The number of aryl methyl sites for hydroxylation is 2. The molecule has 0 aliphatic carbocycles. The van der Waals surface area contributed by atoms with E-state index in [4.69, 9.17) is 22.1 Å². The lowest BCUT2D eigenvalue weighted by Gasteiger charge is -2.05. The Morgan fingerprint density at radius 1 is 1.31 bits per heavy atom. The minimum absolute atomic E-state index is 0.267. The van der Waals surface area contributed by atoms with Gasteiger partial charge in [-0.3, -0.25) is 0 Å². The number of imidazole rings is 1. The molecule has 3 heterocycles. The van der Waals surface area contributed by atoms with Crippen molar-refractivity contribution in [2.75, 3.05) is 12.3 Å². The Bertz CT molecular complexity index is 1190. The number of rotatable bonds is 6. The van der Waals surface area contributed by atoms with Gasteiger partial charge in [-0.05, 0) is 25.5 Å². The van der Waals surface area contributed by atoms with Crippen LogP contribution in [-0.2, 0) is 11.3 Å². The second kappa shape index (κ2) is 8.14. The van der Waals surface area contributed by atoms with Crippen LogP contribution in [0, 0.1) is 6.92 Å². The minimum Gasteiger partial charge on any atom is -0.461 e. The number of esters is 1. The first kappa shape index (κ1) is 19.3. The fourth-order valence-electron chi connectivity index (χ4n) is 2.86. The van der Waals surface area contributed by atoms with Gasteiger partial charge in [0.15, 0.2) is 11.5 Å². The number of hydrogen-bond acceptors (Lipinski definition) is 8. The minimum atomic E-state index is -0.379. The molecule has 0 saturated carbocycles. The quantitative estimate of drug-likeness (QED) is 0.368. The SMILES string of the molecule is Cc1nc(-c2cccc(Cl)c2)sc1C(=O)OCCCn1cnc2c(N)ncnc21. The first-order chi connectivity index (χ1) is 14.0. The van der Waals surface area contributed by atoms with Crippen LogP contribution in [-0.4, -0.2) is 37.1 Å². The first-order valence-corrected chi connectivity index (χ1v) is 10.0. The summed E-state index contributed by atoms with van der Waals surface area (Å²) >= 11 is 7.34. The molecule has 0 spiro atoms. The highest BCUT2D eigenvalue weighted by Crippen LogP contribution is 2.30. The number of nitrogen functional groups attached to an aromatic ring is 1. The molecule has 0 unspecified atom stereocenters. The number of fused-ring (bicyclic) bond motifs is 1. The van der Waals surface area contributed by atoms with E-state index < -0.39 is 0 Å². The molecule has 0 fully saturated rings. The molecule has 0 radical (unpaired) electrons. The molecule has 0 aliphatic heterocycles. The summed E-state index contributed by atoms with van der Waals surface area (Å²) in [5.74, 6) is -0.0355. The molecule has 3 aromatic heterocycles. The monoisotopic (exact) mass is 428 g/mol. The van der Waals surface area contributed by atoms with E-state index in [2.05, 4.69) is 19.9 Å². The predicted octanol–water partition coefficient (Wildman–Crippen LogP) is 3.74. The van der Waals surface area contributed by atoms with Crippen molar-refractivity contribution in [2.24, 2.45) is 0 Å². The van der Waals surface area contributed by atoms with Gasteiger partial charge in [0, 0.05) is 17.1 Å². The number of anilines is 1. The van der Waals surface area contributed by atoms with Gasteiger partial charge in [-0.15, -0.1) is 11.3 Å². The highest BCUT2D eigenvalue weighted by Gasteiger charge is 2.18. The Morgan fingerprint density at radius 2 is 2.17 bits per heavy atom. The number of ether oxygens (including phenoxy) is 1. The lowest BCUT2D eigenvalue weighted by atomic mass is 10.2. The summed E-state index contributed by atoms with van der Waals surface area (Å²) < 4.78 is 7.29. The maximum absolute atomic E-state index is 12.5. The van der Waals surface area contributed by atoms with Crippen molar-refractivity contribution in [1.29, 1.82) is 0 Å². The maximum atomic E-state index is 12.5. The highest BCUT2D eigenvalue weighted by atomic mass is 35.5. The third kappa shape index (κ3) is 4.06. The number of aromatic nitrogens is 5. The van der Waals surface area contributed by atoms with Crippen LogP contribution in [0.25, 0.3) is 21.7 Å². The molecular weight excluding hydrogens is 412 g/mol. The molecule has 148 valence electrons. The summed E-state index contributed by atoms with van der Waals surface area (Å²) in [6.45, 7) is 2.65.